The minimum atomic E-state index is -0.411. The summed E-state index contributed by atoms with van der Waals surface area (Å²) in [5.74, 6) is 0.632. The zero-order chi connectivity index (χ0) is 17.6. The Bertz CT molecular complexity index is 686. The van der Waals surface area contributed by atoms with Gasteiger partial charge in [-0.25, -0.2) is 9.67 Å². The van der Waals surface area contributed by atoms with E-state index in [2.05, 4.69) is 22.3 Å². The molecule has 6 heteroatoms. The Morgan fingerprint density at radius 2 is 2.32 bits per heavy atom. The zero-order valence-electron chi connectivity index (χ0n) is 14.9. The first-order valence-corrected chi connectivity index (χ1v) is 8.97. The fourth-order valence-corrected chi connectivity index (χ4v) is 3.27. The molecule has 3 rings (SSSR count). The van der Waals surface area contributed by atoms with Gasteiger partial charge in [-0.3, -0.25) is 4.79 Å². The van der Waals surface area contributed by atoms with Gasteiger partial charge in [-0.15, -0.1) is 0 Å². The molecule has 1 aliphatic rings. The summed E-state index contributed by atoms with van der Waals surface area (Å²) in [6.45, 7) is 4.67. The monoisotopic (exact) mass is 342 g/mol. The van der Waals surface area contributed by atoms with E-state index in [1.807, 2.05) is 24.3 Å². The maximum absolute atomic E-state index is 12.3. The minimum Gasteiger partial charge on any atom is -0.374 e. The third-order valence-corrected chi connectivity index (χ3v) is 4.78. The normalized spacial score (nSPS) is 21.7. The summed E-state index contributed by atoms with van der Waals surface area (Å²) in [6.07, 6.45) is 8.18. The topological polar surface area (TPSA) is 69.0 Å². The molecule has 1 fully saturated rings. The summed E-state index contributed by atoms with van der Waals surface area (Å²) in [5, 5.41) is 6.94. The van der Waals surface area contributed by atoms with Gasteiger partial charge in [0.2, 0.25) is 5.91 Å². The smallest absolute Gasteiger partial charge is 0.249 e. The van der Waals surface area contributed by atoms with E-state index in [-0.39, 0.29) is 5.91 Å². The number of hydrogen-bond donors (Lipinski definition) is 1. The number of anilines is 1. The van der Waals surface area contributed by atoms with Gasteiger partial charge in [-0.2, -0.15) is 5.10 Å². The fraction of sp³-hybridized carbons (Fsp3) is 0.526. The highest BCUT2D eigenvalue weighted by atomic mass is 16.5. The van der Waals surface area contributed by atoms with Crippen LogP contribution in [0, 0.1) is 5.92 Å². The standard InChI is InChI=1S/C19H26N4O2/c1-14-5-3-8-18(9-14)25-11-16-6-4-7-17(10-16)22-19(24)15(2)23-13-20-12-21-23/h4,6-7,10,12-15,18H,3,5,8-9,11H2,1-2H3,(H,22,24)/t14-,15-,18+/m1/s1. The second kappa shape index (κ2) is 8.25. The first-order chi connectivity index (χ1) is 12.1. The van der Waals surface area contributed by atoms with Gasteiger partial charge in [0.15, 0.2) is 0 Å². The van der Waals surface area contributed by atoms with Gasteiger partial charge in [0.25, 0.3) is 0 Å². The van der Waals surface area contributed by atoms with Crippen molar-refractivity contribution in [1.29, 1.82) is 0 Å². The van der Waals surface area contributed by atoms with Gasteiger partial charge in [0, 0.05) is 5.69 Å². The summed E-state index contributed by atoms with van der Waals surface area (Å²) in [6, 6.07) is 7.42. The van der Waals surface area contributed by atoms with E-state index in [9.17, 15) is 4.79 Å². The first kappa shape index (κ1) is 17.6. The molecule has 1 amide bonds. The number of nitrogens with zero attached hydrogens (tertiary/aromatic N) is 3. The molecule has 0 radical (unpaired) electrons. The zero-order valence-corrected chi connectivity index (χ0v) is 14.9. The van der Waals surface area contributed by atoms with Gasteiger partial charge < -0.3 is 10.1 Å². The van der Waals surface area contributed by atoms with Crippen molar-refractivity contribution in [3.63, 3.8) is 0 Å². The van der Waals surface area contributed by atoms with Crippen LogP contribution in [0.1, 0.15) is 51.1 Å². The highest BCUT2D eigenvalue weighted by Crippen LogP contribution is 2.26. The van der Waals surface area contributed by atoms with Crippen LogP contribution in [0.15, 0.2) is 36.9 Å². The van der Waals surface area contributed by atoms with Crippen molar-refractivity contribution in [1.82, 2.24) is 14.8 Å². The third-order valence-electron chi connectivity index (χ3n) is 4.78. The van der Waals surface area contributed by atoms with Gasteiger partial charge in [-0.05, 0) is 43.4 Å². The lowest BCUT2D eigenvalue weighted by molar-refractivity contribution is -0.119. The molecular weight excluding hydrogens is 316 g/mol. The molecule has 0 aliphatic heterocycles. The lowest BCUT2D eigenvalue weighted by Crippen LogP contribution is -2.24. The lowest BCUT2D eigenvalue weighted by atomic mass is 9.89. The fourth-order valence-electron chi connectivity index (χ4n) is 3.27. The molecule has 1 N–H and O–H groups in total. The average molecular weight is 342 g/mol. The molecular formula is C19H26N4O2. The Labute approximate surface area is 148 Å². The Morgan fingerprint density at radius 1 is 1.44 bits per heavy atom. The molecule has 2 aromatic rings. The Kier molecular flexibility index (Phi) is 5.81. The number of carbonyl (C=O) groups excluding carboxylic acids is 1. The summed E-state index contributed by atoms with van der Waals surface area (Å²) in [4.78, 5) is 16.2. The van der Waals surface area contributed by atoms with E-state index in [1.165, 1.54) is 23.9 Å². The third kappa shape index (κ3) is 4.89. The molecule has 25 heavy (non-hydrogen) atoms. The van der Waals surface area contributed by atoms with Crippen molar-refractivity contribution >= 4 is 11.6 Å². The van der Waals surface area contributed by atoms with Crippen molar-refractivity contribution in [3.05, 3.63) is 42.5 Å². The van der Waals surface area contributed by atoms with Gasteiger partial charge in [0.05, 0.1) is 12.7 Å². The van der Waals surface area contributed by atoms with Crippen LogP contribution in [-0.2, 0) is 16.1 Å². The first-order valence-electron chi connectivity index (χ1n) is 8.97. The Morgan fingerprint density at radius 3 is 3.08 bits per heavy atom. The van der Waals surface area contributed by atoms with E-state index in [4.69, 9.17) is 4.74 Å². The summed E-state index contributed by atoms with van der Waals surface area (Å²) < 4.78 is 7.60. The average Bonchev–Trinajstić information content (AvgIpc) is 3.14. The minimum absolute atomic E-state index is 0.121. The molecule has 0 unspecified atom stereocenters. The number of aromatic nitrogens is 3. The second-order valence-corrected chi connectivity index (χ2v) is 6.95. The van der Waals surface area contributed by atoms with Crippen LogP contribution in [0.5, 0.6) is 0 Å². The molecule has 3 atom stereocenters. The predicted molar refractivity (Wildman–Crippen MR) is 96.0 cm³/mol. The van der Waals surface area contributed by atoms with Crippen LogP contribution in [-0.4, -0.2) is 26.8 Å². The van der Waals surface area contributed by atoms with E-state index >= 15 is 0 Å². The number of hydrogen-bond acceptors (Lipinski definition) is 4. The van der Waals surface area contributed by atoms with E-state index < -0.39 is 6.04 Å². The maximum Gasteiger partial charge on any atom is 0.249 e. The van der Waals surface area contributed by atoms with Crippen LogP contribution < -0.4 is 5.32 Å². The highest BCUT2D eigenvalue weighted by molar-refractivity contribution is 5.93. The molecule has 1 heterocycles. The number of rotatable bonds is 6. The number of nitrogens with one attached hydrogen (secondary N) is 1. The van der Waals surface area contributed by atoms with Crippen LogP contribution in [0.4, 0.5) is 5.69 Å². The van der Waals surface area contributed by atoms with Gasteiger partial charge in [0.1, 0.15) is 18.7 Å². The van der Waals surface area contributed by atoms with Crippen molar-refractivity contribution < 1.29 is 9.53 Å². The van der Waals surface area contributed by atoms with Crippen LogP contribution in [0.25, 0.3) is 0 Å². The molecule has 0 spiro atoms. The summed E-state index contributed by atoms with van der Waals surface area (Å²) in [5.41, 5.74) is 1.85. The van der Waals surface area contributed by atoms with Gasteiger partial charge in [-0.1, -0.05) is 31.9 Å². The van der Waals surface area contributed by atoms with Crippen molar-refractivity contribution in [3.8, 4) is 0 Å². The van der Waals surface area contributed by atoms with Crippen LogP contribution in [0.2, 0.25) is 0 Å². The number of benzene rings is 1. The molecule has 0 saturated heterocycles. The largest absolute Gasteiger partial charge is 0.374 e. The summed E-state index contributed by atoms with van der Waals surface area (Å²) in [7, 11) is 0. The second-order valence-electron chi connectivity index (χ2n) is 6.95. The lowest BCUT2D eigenvalue weighted by Gasteiger charge is -2.26. The van der Waals surface area contributed by atoms with E-state index in [1.54, 1.807) is 13.3 Å². The molecule has 0 bridgehead atoms. The van der Waals surface area contributed by atoms with Crippen molar-refractivity contribution in [2.45, 2.75) is 58.3 Å². The number of carbonyl (C=O) groups is 1. The summed E-state index contributed by atoms with van der Waals surface area (Å²) >= 11 is 0. The molecule has 1 aromatic carbocycles. The molecule has 1 aliphatic carbocycles. The quantitative estimate of drug-likeness (QED) is 0.871. The van der Waals surface area contributed by atoms with Crippen molar-refractivity contribution in [2.24, 2.45) is 5.92 Å². The molecule has 6 nitrogen and oxygen atoms in total. The highest BCUT2D eigenvalue weighted by Gasteiger charge is 2.19. The Hall–Kier alpha value is -2.21. The molecule has 134 valence electrons. The number of amides is 1. The number of ether oxygens (including phenoxy) is 1. The van der Waals surface area contributed by atoms with Crippen molar-refractivity contribution in [2.75, 3.05) is 5.32 Å². The van der Waals surface area contributed by atoms with E-state index in [0.29, 0.717) is 12.7 Å². The Balaban J connectivity index is 1.55. The van der Waals surface area contributed by atoms with Crippen LogP contribution >= 0.6 is 0 Å². The molecule has 1 saturated carbocycles. The van der Waals surface area contributed by atoms with Crippen LogP contribution in [0.3, 0.4) is 0 Å². The van der Waals surface area contributed by atoms with E-state index in [0.717, 1.165) is 30.0 Å². The maximum atomic E-state index is 12.3. The predicted octanol–water partition coefficient (Wildman–Crippen LogP) is 3.57. The molecule has 1 aromatic heterocycles. The van der Waals surface area contributed by atoms with Gasteiger partial charge >= 0.3 is 0 Å². The SMILES string of the molecule is C[C@@H]1CCC[C@H](OCc2cccc(NC(=O)[C@@H](C)n3cncn3)c2)C1.